The van der Waals surface area contributed by atoms with Gasteiger partial charge in [-0.2, -0.15) is 0 Å². The summed E-state index contributed by atoms with van der Waals surface area (Å²) in [4.78, 5) is 25.4. The average molecular weight is 276 g/mol. The van der Waals surface area contributed by atoms with Crippen molar-refractivity contribution in [2.75, 3.05) is 7.11 Å². The first kappa shape index (κ1) is 14.4. The molecule has 0 aromatic heterocycles. The molecule has 0 aliphatic carbocycles. The van der Waals surface area contributed by atoms with Crippen molar-refractivity contribution < 1.29 is 14.3 Å². The van der Waals surface area contributed by atoms with E-state index >= 15 is 0 Å². The fourth-order valence-corrected chi connectivity index (χ4v) is 2.29. The molecule has 0 spiro atoms. The van der Waals surface area contributed by atoms with Gasteiger partial charge in [0.25, 0.3) is 5.91 Å². The molecule has 1 atom stereocenters. The summed E-state index contributed by atoms with van der Waals surface area (Å²) in [5.41, 5.74) is 1.90. The van der Waals surface area contributed by atoms with E-state index in [4.69, 9.17) is 4.74 Å². The van der Waals surface area contributed by atoms with Crippen molar-refractivity contribution in [1.29, 1.82) is 0 Å². The van der Waals surface area contributed by atoms with Crippen molar-refractivity contribution in [3.8, 4) is 5.75 Å². The van der Waals surface area contributed by atoms with E-state index in [1.165, 1.54) is 4.90 Å². The summed E-state index contributed by atoms with van der Waals surface area (Å²) in [5, 5.41) is 2.72. The molecule has 0 bridgehead atoms. The van der Waals surface area contributed by atoms with Gasteiger partial charge in [-0.3, -0.25) is 9.69 Å². The molecule has 108 valence electrons. The van der Waals surface area contributed by atoms with Gasteiger partial charge in [0.1, 0.15) is 11.8 Å². The highest BCUT2D eigenvalue weighted by Crippen LogP contribution is 2.24. The summed E-state index contributed by atoms with van der Waals surface area (Å²) >= 11 is 0. The highest BCUT2D eigenvalue weighted by atomic mass is 16.5. The van der Waals surface area contributed by atoms with Crippen LogP contribution >= 0.6 is 0 Å². The van der Waals surface area contributed by atoms with E-state index in [0.29, 0.717) is 5.75 Å². The first-order chi connectivity index (χ1) is 9.43. The lowest BCUT2D eigenvalue weighted by molar-refractivity contribution is -0.128. The minimum Gasteiger partial charge on any atom is -0.496 e. The Morgan fingerprint density at radius 2 is 2.05 bits per heavy atom. The van der Waals surface area contributed by atoms with Crippen LogP contribution in [0.1, 0.15) is 25.0 Å². The number of carbonyl (C=O) groups excluding carboxylic acids is 2. The normalized spacial score (nSPS) is 18.6. The Labute approximate surface area is 118 Å². The Bertz CT molecular complexity index is 540. The summed E-state index contributed by atoms with van der Waals surface area (Å²) in [6.45, 7) is 6.03. The number of benzene rings is 1. The number of rotatable bonds is 4. The number of hydrogen-bond acceptors (Lipinski definition) is 3. The molecule has 5 heteroatoms. The van der Waals surface area contributed by atoms with Crippen molar-refractivity contribution in [3.05, 3.63) is 29.3 Å². The topological polar surface area (TPSA) is 58.6 Å². The first-order valence-electron chi connectivity index (χ1n) is 6.69. The number of methoxy groups -OCH3 is 1. The van der Waals surface area contributed by atoms with Gasteiger partial charge in [-0.05, 0) is 24.5 Å². The van der Waals surface area contributed by atoms with Gasteiger partial charge in [0.05, 0.1) is 13.7 Å². The molecule has 0 unspecified atom stereocenters. The Morgan fingerprint density at radius 3 is 2.60 bits per heavy atom. The fourth-order valence-electron chi connectivity index (χ4n) is 2.29. The maximum Gasteiger partial charge on any atom is 0.325 e. The second-order valence-corrected chi connectivity index (χ2v) is 5.41. The van der Waals surface area contributed by atoms with Gasteiger partial charge in [0, 0.05) is 5.56 Å². The summed E-state index contributed by atoms with van der Waals surface area (Å²) in [7, 11) is 1.58. The van der Waals surface area contributed by atoms with Crippen LogP contribution < -0.4 is 10.1 Å². The third kappa shape index (κ3) is 2.61. The summed E-state index contributed by atoms with van der Waals surface area (Å²) in [6.07, 6.45) is 0. The van der Waals surface area contributed by atoms with Crippen LogP contribution in [-0.4, -0.2) is 30.0 Å². The molecule has 1 aliphatic heterocycles. The third-order valence-corrected chi connectivity index (χ3v) is 3.49. The number of nitrogens with one attached hydrogen (secondary N) is 1. The largest absolute Gasteiger partial charge is 0.496 e. The smallest absolute Gasteiger partial charge is 0.325 e. The van der Waals surface area contributed by atoms with Gasteiger partial charge < -0.3 is 10.1 Å². The summed E-state index contributed by atoms with van der Waals surface area (Å²) < 4.78 is 5.31. The maximum atomic E-state index is 12.2. The van der Waals surface area contributed by atoms with Crippen LogP contribution in [0.25, 0.3) is 0 Å². The van der Waals surface area contributed by atoms with Crippen molar-refractivity contribution in [3.63, 3.8) is 0 Å². The molecular formula is C15H20N2O3. The second kappa shape index (κ2) is 5.53. The SMILES string of the molecule is COc1cc(C)ccc1CN1C(=O)N[C@@H](C(C)C)C1=O. The maximum absolute atomic E-state index is 12.2. The monoisotopic (exact) mass is 276 g/mol. The minimum atomic E-state index is -0.432. The van der Waals surface area contributed by atoms with Gasteiger partial charge in [0.2, 0.25) is 0 Å². The van der Waals surface area contributed by atoms with Crippen molar-refractivity contribution in [1.82, 2.24) is 10.2 Å². The van der Waals surface area contributed by atoms with Crippen LogP contribution in [0.2, 0.25) is 0 Å². The number of nitrogens with zero attached hydrogens (tertiary/aromatic N) is 1. The Kier molecular flexibility index (Phi) is 3.97. The van der Waals surface area contributed by atoms with E-state index in [1.807, 2.05) is 39.0 Å². The van der Waals surface area contributed by atoms with E-state index in [0.717, 1.165) is 11.1 Å². The van der Waals surface area contributed by atoms with Gasteiger partial charge in [0.15, 0.2) is 0 Å². The molecular weight excluding hydrogens is 256 g/mol. The molecule has 1 fully saturated rings. The number of hydrogen-bond donors (Lipinski definition) is 1. The molecule has 0 radical (unpaired) electrons. The summed E-state index contributed by atoms with van der Waals surface area (Å²) in [6, 6.07) is 4.96. The first-order valence-corrected chi connectivity index (χ1v) is 6.69. The van der Waals surface area contributed by atoms with E-state index in [1.54, 1.807) is 7.11 Å². The number of imide groups is 1. The van der Waals surface area contributed by atoms with Crippen molar-refractivity contribution >= 4 is 11.9 Å². The molecule has 1 aliphatic rings. The number of carbonyl (C=O) groups is 2. The van der Waals surface area contributed by atoms with Gasteiger partial charge >= 0.3 is 6.03 Å². The Morgan fingerprint density at radius 1 is 1.35 bits per heavy atom. The number of amides is 3. The predicted octanol–water partition coefficient (Wildman–Crippen LogP) is 2.08. The number of ether oxygens (including phenoxy) is 1. The van der Waals surface area contributed by atoms with Crippen LogP contribution in [-0.2, 0) is 11.3 Å². The van der Waals surface area contributed by atoms with Crippen LogP contribution in [0.3, 0.4) is 0 Å². The van der Waals surface area contributed by atoms with Crippen molar-refractivity contribution in [2.24, 2.45) is 5.92 Å². The zero-order valence-corrected chi connectivity index (χ0v) is 12.3. The Hall–Kier alpha value is -2.04. The van der Waals surface area contributed by atoms with Crippen LogP contribution in [0.15, 0.2) is 18.2 Å². The molecule has 2 rings (SSSR count). The molecule has 1 N–H and O–H groups in total. The predicted molar refractivity (Wildman–Crippen MR) is 75.4 cm³/mol. The van der Waals surface area contributed by atoms with Crippen LogP contribution in [0.5, 0.6) is 5.75 Å². The van der Waals surface area contributed by atoms with E-state index < -0.39 is 6.04 Å². The summed E-state index contributed by atoms with van der Waals surface area (Å²) in [5.74, 6) is 0.600. The lowest BCUT2D eigenvalue weighted by Crippen LogP contribution is -2.34. The lowest BCUT2D eigenvalue weighted by atomic mass is 10.0. The minimum absolute atomic E-state index is 0.0800. The van der Waals surface area contributed by atoms with E-state index in [9.17, 15) is 9.59 Å². The van der Waals surface area contributed by atoms with Gasteiger partial charge in [-0.15, -0.1) is 0 Å². The standard InChI is InChI=1S/C15H20N2O3/c1-9(2)13-14(18)17(15(19)16-13)8-11-6-5-10(3)7-12(11)20-4/h5-7,9,13H,8H2,1-4H3,(H,16,19)/t13-/m0/s1. The van der Waals surface area contributed by atoms with Crippen LogP contribution in [0, 0.1) is 12.8 Å². The molecule has 0 saturated carbocycles. The molecule has 3 amide bonds. The van der Waals surface area contributed by atoms with E-state index in [2.05, 4.69) is 5.32 Å². The van der Waals surface area contributed by atoms with E-state index in [-0.39, 0.29) is 24.4 Å². The highest BCUT2D eigenvalue weighted by Gasteiger charge is 2.39. The molecule has 1 aromatic rings. The quantitative estimate of drug-likeness (QED) is 0.857. The fraction of sp³-hybridized carbons (Fsp3) is 0.467. The lowest BCUT2D eigenvalue weighted by Gasteiger charge is -2.16. The van der Waals surface area contributed by atoms with Gasteiger partial charge in [-0.25, -0.2) is 4.79 Å². The zero-order valence-electron chi connectivity index (χ0n) is 12.3. The molecule has 1 saturated heterocycles. The molecule has 1 heterocycles. The number of aryl methyl sites for hydroxylation is 1. The molecule has 1 aromatic carbocycles. The van der Waals surface area contributed by atoms with Crippen LogP contribution in [0.4, 0.5) is 4.79 Å². The van der Waals surface area contributed by atoms with Gasteiger partial charge in [-0.1, -0.05) is 26.0 Å². The molecule has 20 heavy (non-hydrogen) atoms. The average Bonchev–Trinajstić information content (AvgIpc) is 2.68. The number of urea groups is 1. The zero-order chi connectivity index (χ0) is 14.9. The Balaban J connectivity index is 2.22. The molecule has 5 nitrogen and oxygen atoms in total. The highest BCUT2D eigenvalue weighted by molar-refractivity contribution is 6.04. The van der Waals surface area contributed by atoms with Crippen molar-refractivity contribution in [2.45, 2.75) is 33.4 Å². The third-order valence-electron chi connectivity index (χ3n) is 3.49. The second-order valence-electron chi connectivity index (χ2n) is 5.41.